The fourth-order valence-corrected chi connectivity index (χ4v) is 2.07. The van der Waals surface area contributed by atoms with E-state index >= 15 is 0 Å². The lowest BCUT2D eigenvalue weighted by atomic mass is 10.1. The number of hydrogen-bond acceptors (Lipinski definition) is 3. The van der Waals surface area contributed by atoms with Gasteiger partial charge in [-0.15, -0.1) is 0 Å². The molecule has 1 aliphatic rings. The van der Waals surface area contributed by atoms with Crippen molar-refractivity contribution in [3.8, 4) is 0 Å². The van der Waals surface area contributed by atoms with Gasteiger partial charge in [0.15, 0.2) is 0 Å². The minimum atomic E-state index is -0.930. The molecule has 0 aromatic carbocycles. The van der Waals surface area contributed by atoms with E-state index in [1.165, 1.54) is 0 Å². The van der Waals surface area contributed by atoms with Gasteiger partial charge in [-0.2, -0.15) is 0 Å². The van der Waals surface area contributed by atoms with Gasteiger partial charge in [-0.05, 0) is 19.8 Å². The van der Waals surface area contributed by atoms with Crippen molar-refractivity contribution in [2.75, 3.05) is 13.1 Å². The molecule has 1 heterocycles. The fraction of sp³-hybridized carbons (Fsp3) is 0.833. The summed E-state index contributed by atoms with van der Waals surface area (Å²) in [6.07, 6.45) is 2.76. The quantitative estimate of drug-likeness (QED) is 0.749. The average molecular weight is 242 g/mol. The Kier molecular flexibility index (Phi) is 5.41. The molecular formula is C12H22N2O3. The summed E-state index contributed by atoms with van der Waals surface area (Å²) >= 11 is 0. The Labute approximate surface area is 102 Å². The van der Waals surface area contributed by atoms with Gasteiger partial charge in [0.05, 0.1) is 12.5 Å². The molecule has 2 unspecified atom stereocenters. The van der Waals surface area contributed by atoms with Crippen LogP contribution in [-0.2, 0) is 9.59 Å². The maximum Gasteiger partial charge on any atom is 0.305 e. The Bertz CT molecular complexity index is 281. The standard InChI is InChI=1S/C12H22N2O3/c1-3-4-6-14-7-5-9(2)13-10(12(14)17)8-11(15)16/h9-10,13H,3-8H2,1-2H3,(H,15,16). The maximum absolute atomic E-state index is 12.1. The van der Waals surface area contributed by atoms with E-state index < -0.39 is 12.0 Å². The van der Waals surface area contributed by atoms with Crippen LogP contribution in [0.3, 0.4) is 0 Å². The number of amides is 1. The van der Waals surface area contributed by atoms with Gasteiger partial charge in [-0.3, -0.25) is 9.59 Å². The second kappa shape index (κ2) is 6.59. The largest absolute Gasteiger partial charge is 0.481 e. The molecular weight excluding hydrogens is 220 g/mol. The molecule has 2 N–H and O–H groups in total. The molecule has 5 nitrogen and oxygen atoms in total. The van der Waals surface area contributed by atoms with Crippen LogP contribution in [-0.4, -0.2) is 47.1 Å². The summed E-state index contributed by atoms with van der Waals surface area (Å²) in [7, 11) is 0. The zero-order valence-electron chi connectivity index (χ0n) is 10.6. The van der Waals surface area contributed by atoms with Gasteiger partial charge in [0.2, 0.25) is 5.91 Å². The second-order valence-corrected chi connectivity index (χ2v) is 4.69. The molecule has 1 rings (SSSR count). The molecule has 17 heavy (non-hydrogen) atoms. The van der Waals surface area contributed by atoms with Gasteiger partial charge in [0.25, 0.3) is 0 Å². The van der Waals surface area contributed by atoms with E-state index in [0.29, 0.717) is 0 Å². The molecule has 0 aromatic heterocycles. The predicted octanol–water partition coefficient (Wildman–Crippen LogP) is 0.840. The number of rotatable bonds is 5. The smallest absolute Gasteiger partial charge is 0.305 e. The Morgan fingerprint density at radius 2 is 2.29 bits per heavy atom. The molecule has 1 aliphatic heterocycles. The first-order valence-corrected chi connectivity index (χ1v) is 6.31. The average Bonchev–Trinajstić information content (AvgIpc) is 2.38. The van der Waals surface area contributed by atoms with E-state index in [-0.39, 0.29) is 18.4 Å². The Balaban J connectivity index is 2.66. The fourth-order valence-electron chi connectivity index (χ4n) is 2.07. The van der Waals surface area contributed by atoms with Crippen LogP contribution in [0.5, 0.6) is 0 Å². The number of unbranched alkanes of at least 4 members (excludes halogenated alkanes) is 1. The SMILES string of the molecule is CCCCN1CCC(C)NC(CC(=O)O)C1=O. The number of nitrogens with zero attached hydrogens (tertiary/aromatic N) is 1. The lowest BCUT2D eigenvalue weighted by molar-refractivity contribution is -0.142. The highest BCUT2D eigenvalue weighted by Crippen LogP contribution is 2.10. The minimum absolute atomic E-state index is 0.0646. The highest BCUT2D eigenvalue weighted by atomic mass is 16.4. The molecule has 0 spiro atoms. The minimum Gasteiger partial charge on any atom is -0.481 e. The number of carboxylic acids is 1. The zero-order valence-corrected chi connectivity index (χ0v) is 10.6. The van der Waals surface area contributed by atoms with Crippen molar-refractivity contribution in [1.29, 1.82) is 0 Å². The molecule has 0 aromatic rings. The summed E-state index contributed by atoms with van der Waals surface area (Å²) in [5, 5.41) is 11.9. The molecule has 1 fully saturated rings. The van der Waals surface area contributed by atoms with Crippen molar-refractivity contribution >= 4 is 11.9 Å². The van der Waals surface area contributed by atoms with E-state index in [0.717, 1.165) is 32.4 Å². The molecule has 5 heteroatoms. The molecule has 2 atom stereocenters. The summed E-state index contributed by atoms with van der Waals surface area (Å²) in [5.74, 6) is -0.995. The first-order chi connectivity index (χ1) is 8.04. The van der Waals surface area contributed by atoms with Crippen LogP contribution in [0.25, 0.3) is 0 Å². The van der Waals surface area contributed by atoms with E-state index in [2.05, 4.69) is 12.2 Å². The maximum atomic E-state index is 12.1. The molecule has 0 radical (unpaired) electrons. The van der Waals surface area contributed by atoms with Gasteiger partial charge >= 0.3 is 5.97 Å². The lowest BCUT2D eigenvalue weighted by Gasteiger charge is -2.23. The van der Waals surface area contributed by atoms with E-state index in [1.54, 1.807) is 4.90 Å². The first-order valence-electron chi connectivity index (χ1n) is 6.31. The van der Waals surface area contributed by atoms with Gasteiger partial charge in [0.1, 0.15) is 0 Å². The predicted molar refractivity (Wildman–Crippen MR) is 64.7 cm³/mol. The number of carbonyl (C=O) groups is 2. The van der Waals surface area contributed by atoms with Crippen molar-refractivity contribution in [3.63, 3.8) is 0 Å². The third kappa shape index (κ3) is 4.34. The normalized spacial score (nSPS) is 25.8. The first kappa shape index (κ1) is 14.0. The van der Waals surface area contributed by atoms with Crippen LogP contribution in [0, 0.1) is 0 Å². The van der Waals surface area contributed by atoms with Crippen LogP contribution in [0.2, 0.25) is 0 Å². The molecule has 1 saturated heterocycles. The highest BCUT2D eigenvalue weighted by molar-refractivity contribution is 5.86. The van der Waals surface area contributed by atoms with E-state index in [9.17, 15) is 9.59 Å². The Morgan fingerprint density at radius 1 is 1.59 bits per heavy atom. The third-order valence-electron chi connectivity index (χ3n) is 3.09. The molecule has 0 saturated carbocycles. The van der Waals surface area contributed by atoms with E-state index in [1.807, 2.05) is 6.92 Å². The summed E-state index contributed by atoms with van der Waals surface area (Å²) in [5.41, 5.74) is 0. The van der Waals surface area contributed by atoms with Gasteiger partial charge < -0.3 is 15.3 Å². The zero-order chi connectivity index (χ0) is 12.8. The number of carbonyl (C=O) groups excluding carboxylic acids is 1. The van der Waals surface area contributed by atoms with Gasteiger partial charge in [-0.1, -0.05) is 13.3 Å². The number of carboxylic acid groups (broad SMARTS) is 1. The highest BCUT2D eigenvalue weighted by Gasteiger charge is 2.30. The van der Waals surface area contributed by atoms with Crippen molar-refractivity contribution in [3.05, 3.63) is 0 Å². The summed E-state index contributed by atoms with van der Waals surface area (Å²) < 4.78 is 0. The summed E-state index contributed by atoms with van der Waals surface area (Å²) in [6.45, 7) is 5.53. The van der Waals surface area contributed by atoms with Crippen molar-refractivity contribution in [1.82, 2.24) is 10.2 Å². The molecule has 1 amide bonds. The summed E-state index contributed by atoms with van der Waals surface area (Å²) in [4.78, 5) is 24.7. The number of aliphatic carboxylic acids is 1. The molecule has 0 aliphatic carbocycles. The Morgan fingerprint density at radius 3 is 2.88 bits per heavy atom. The molecule has 98 valence electrons. The molecule has 0 bridgehead atoms. The van der Waals surface area contributed by atoms with Gasteiger partial charge in [0, 0.05) is 19.1 Å². The number of nitrogens with one attached hydrogen (secondary N) is 1. The Hall–Kier alpha value is -1.10. The van der Waals surface area contributed by atoms with Crippen LogP contribution < -0.4 is 5.32 Å². The van der Waals surface area contributed by atoms with Crippen LogP contribution in [0.15, 0.2) is 0 Å². The van der Waals surface area contributed by atoms with E-state index in [4.69, 9.17) is 5.11 Å². The lowest BCUT2D eigenvalue weighted by Crippen LogP contribution is -2.46. The third-order valence-corrected chi connectivity index (χ3v) is 3.09. The van der Waals surface area contributed by atoms with Gasteiger partial charge in [-0.25, -0.2) is 0 Å². The van der Waals surface area contributed by atoms with Crippen molar-refractivity contribution in [2.45, 2.75) is 51.6 Å². The van der Waals surface area contributed by atoms with Crippen LogP contribution in [0.1, 0.15) is 39.5 Å². The van der Waals surface area contributed by atoms with Crippen molar-refractivity contribution < 1.29 is 14.7 Å². The second-order valence-electron chi connectivity index (χ2n) is 4.69. The number of hydrogen-bond donors (Lipinski definition) is 2. The monoisotopic (exact) mass is 242 g/mol. The topological polar surface area (TPSA) is 69.6 Å². The van der Waals surface area contributed by atoms with Crippen LogP contribution in [0.4, 0.5) is 0 Å². The van der Waals surface area contributed by atoms with Crippen molar-refractivity contribution in [2.24, 2.45) is 0 Å². The summed E-state index contributed by atoms with van der Waals surface area (Å²) in [6, 6.07) is -0.378. The van der Waals surface area contributed by atoms with Crippen LogP contribution >= 0.6 is 0 Å².